The van der Waals surface area contributed by atoms with Crippen LogP contribution in [0.3, 0.4) is 0 Å². The summed E-state index contributed by atoms with van der Waals surface area (Å²) in [7, 11) is -1.78. The Balaban J connectivity index is 1.57. The zero-order chi connectivity index (χ0) is 20.4. The number of amides is 1. The van der Waals surface area contributed by atoms with Gasteiger partial charge < -0.3 is 9.88 Å². The van der Waals surface area contributed by atoms with Crippen molar-refractivity contribution in [1.29, 1.82) is 0 Å². The fraction of sp³-hybridized carbons (Fsp3) is 0.0455. The van der Waals surface area contributed by atoms with Crippen molar-refractivity contribution in [2.75, 3.05) is 10.0 Å². The van der Waals surface area contributed by atoms with Gasteiger partial charge in [-0.3, -0.25) is 9.52 Å². The van der Waals surface area contributed by atoms with Crippen LogP contribution in [-0.2, 0) is 17.1 Å². The molecule has 6 nitrogen and oxygen atoms in total. The lowest BCUT2D eigenvalue weighted by atomic mass is 10.1. The summed E-state index contributed by atoms with van der Waals surface area (Å²) in [6.45, 7) is 0. The van der Waals surface area contributed by atoms with E-state index in [1.807, 2.05) is 42.1 Å². The third-order valence-electron chi connectivity index (χ3n) is 4.61. The highest BCUT2D eigenvalue weighted by atomic mass is 32.2. The minimum Gasteiger partial charge on any atom is -0.350 e. The van der Waals surface area contributed by atoms with Gasteiger partial charge in [0.2, 0.25) is 0 Å². The summed E-state index contributed by atoms with van der Waals surface area (Å²) in [5.41, 5.74) is 2.38. The zero-order valence-corrected chi connectivity index (χ0v) is 16.5. The fourth-order valence-corrected chi connectivity index (χ4v) is 4.21. The van der Waals surface area contributed by atoms with E-state index in [4.69, 9.17) is 0 Å². The Labute approximate surface area is 168 Å². The van der Waals surface area contributed by atoms with Crippen molar-refractivity contribution in [2.45, 2.75) is 4.90 Å². The Morgan fingerprint density at radius 1 is 0.897 bits per heavy atom. The molecule has 0 bridgehead atoms. The van der Waals surface area contributed by atoms with E-state index >= 15 is 0 Å². The lowest BCUT2D eigenvalue weighted by Gasteiger charge is -2.11. The van der Waals surface area contributed by atoms with E-state index in [0.29, 0.717) is 16.9 Å². The highest BCUT2D eigenvalue weighted by Gasteiger charge is 2.15. The Kier molecular flexibility index (Phi) is 4.82. The van der Waals surface area contributed by atoms with Crippen LogP contribution >= 0.6 is 0 Å². The van der Waals surface area contributed by atoms with Crippen molar-refractivity contribution < 1.29 is 13.2 Å². The Morgan fingerprint density at radius 2 is 1.66 bits per heavy atom. The van der Waals surface area contributed by atoms with Gasteiger partial charge in [-0.25, -0.2) is 8.42 Å². The largest absolute Gasteiger partial charge is 0.350 e. The first-order chi connectivity index (χ1) is 13.9. The zero-order valence-electron chi connectivity index (χ0n) is 15.7. The van der Waals surface area contributed by atoms with Crippen molar-refractivity contribution in [3.05, 3.63) is 90.6 Å². The molecule has 146 valence electrons. The van der Waals surface area contributed by atoms with Crippen LogP contribution in [0.2, 0.25) is 0 Å². The molecule has 0 saturated heterocycles. The van der Waals surface area contributed by atoms with Gasteiger partial charge in [0.15, 0.2) is 0 Å². The molecule has 1 amide bonds. The molecule has 0 atom stereocenters. The first-order valence-corrected chi connectivity index (χ1v) is 10.5. The topological polar surface area (TPSA) is 80.2 Å². The first kappa shape index (κ1) is 18.8. The standard InChI is InChI=1S/C22H19N3O3S/c1-25-14-13-19-20(11-6-12-21(19)25)23-22(26)16-7-5-8-17(15-16)24-29(27,28)18-9-3-2-4-10-18/h2-15,24H,1H3,(H,23,26). The van der Waals surface area contributed by atoms with Crippen LogP contribution in [0, 0.1) is 0 Å². The van der Waals surface area contributed by atoms with E-state index in [1.54, 1.807) is 36.4 Å². The molecule has 0 radical (unpaired) electrons. The molecule has 0 saturated carbocycles. The van der Waals surface area contributed by atoms with E-state index in [2.05, 4.69) is 10.0 Å². The van der Waals surface area contributed by atoms with Crippen molar-refractivity contribution in [2.24, 2.45) is 7.05 Å². The van der Waals surface area contributed by atoms with E-state index in [1.165, 1.54) is 18.2 Å². The maximum Gasteiger partial charge on any atom is 0.261 e. The SMILES string of the molecule is Cn1ccc2c(NC(=O)c3cccc(NS(=O)(=O)c4ccccc4)c3)cccc21. The number of aromatic nitrogens is 1. The predicted molar refractivity (Wildman–Crippen MR) is 115 cm³/mol. The molecule has 2 N–H and O–H groups in total. The molecular formula is C22H19N3O3S. The molecule has 0 aliphatic carbocycles. The number of rotatable bonds is 5. The number of hydrogen-bond donors (Lipinski definition) is 2. The molecule has 0 fully saturated rings. The van der Waals surface area contributed by atoms with Crippen molar-refractivity contribution in [3.63, 3.8) is 0 Å². The minimum absolute atomic E-state index is 0.158. The van der Waals surface area contributed by atoms with Gasteiger partial charge in [-0.1, -0.05) is 30.3 Å². The monoisotopic (exact) mass is 405 g/mol. The van der Waals surface area contributed by atoms with Crippen LogP contribution in [0.4, 0.5) is 11.4 Å². The average molecular weight is 405 g/mol. The quantitative estimate of drug-likeness (QED) is 0.521. The molecular weight excluding hydrogens is 386 g/mol. The third-order valence-corrected chi connectivity index (χ3v) is 6.00. The summed E-state index contributed by atoms with van der Waals surface area (Å²) in [4.78, 5) is 12.9. The van der Waals surface area contributed by atoms with Crippen LogP contribution in [-0.4, -0.2) is 18.9 Å². The van der Waals surface area contributed by atoms with Gasteiger partial charge in [0.05, 0.1) is 10.6 Å². The van der Waals surface area contributed by atoms with E-state index in [-0.39, 0.29) is 10.8 Å². The van der Waals surface area contributed by atoms with Gasteiger partial charge in [0, 0.05) is 35.4 Å². The summed E-state index contributed by atoms with van der Waals surface area (Å²) >= 11 is 0. The van der Waals surface area contributed by atoms with E-state index in [9.17, 15) is 13.2 Å². The number of aryl methyl sites for hydroxylation is 1. The normalized spacial score (nSPS) is 11.3. The van der Waals surface area contributed by atoms with E-state index < -0.39 is 10.0 Å². The molecule has 4 rings (SSSR count). The van der Waals surface area contributed by atoms with E-state index in [0.717, 1.165) is 10.9 Å². The molecule has 0 unspecified atom stereocenters. The van der Waals surface area contributed by atoms with Crippen LogP contribution in [0.5, 0.6) is 0 Å². The van der Waals surface area contributed by atoms with Gasteiger partial charge in [-0.15, -0.1) is 0 Å². The minimum atomic E-state index is -3.73. The lowest BCUT2D eigenvalue weighted by Crippen LogP contribution is -2.15. The second-order valence-corrected chi connectivity index (χ2v) is 8.30. The number of hydrogen-bond acceptors (Lipinski definition) is 3. The third kappa shape index (κ3) is 3.86. The fourth-order valence-electron chi connectivity index (χ4n) is 3.14. The van der Waals surface area contributed by atoms with Crippen LogP contribution < -0.4 is 10.0 Å². The smallest absolute Gasteiger partial charge is 0.261 e. The number of anilines is 2. The van der Waals surface area contributed by atoms with Gasteiger partial charge in [0.25, 0.3) is 15.9 Å². The van der Waals surface area contributed by atoms with Gasteiger partial charge >= 0.3 is 0 Å². The summed E-state index contributed by atoms with van der Waals surface area (Å²) < 4.78 is 29.5. The Morgan fingerprint density at radius 3 is 2.45 bits per heavy atom. The molecule has 3 aromatic carbocycles. The summed E-state index contributed by atoms with van der Waals surface area (Å²) in [6, 6.07) is 22.1. The molecule has 0 aliphatic heterocycles. The predicted octanol–water partition coefficient (Wildman–Crippen LogP) is 4.23. The number of carbonyl (C=O) groups excluding carboxylic acids is 1. The molecule has 1 heterocycles. The van der Waals surface area contributed by atoms with Crippen LogP contribution in [0.15, 0.2) is 90.0 Å². The Hall–Kier alpha value is -3.58. The Bertz CT molecular complexity index is 1300. The van der Waals surface area contributed by atoms with Crippen molar-refractivity contribution in [1.82, 2.24) is 4.57 Å². The van der Waals surface area contributed by atoms with Crippen molar-refractivity contribution >= 4 is 38.2 Å². The number of benzene rings is 3. The molecule has 0 spiro atoms. The lowest BCUT2D eigenvalue weighted by molar-refractivity contribution is 0.102. The molecule has 0 aliphatic rings. The second-order valence-electron chi connectivity index (χ2n) is 6.62. The number of nitrogens with one attached hydrogen (secondary N) is 2. The molecule has 29 heavy (non-hydrogen) atoms. The number of sulfonamides is 1. The molecule has 7 heteroatoms. The highest BCUT2D eigenvalue weighted by molar-refractivity contribution is 7.92. The molecule has 4 aromatic rings. The first-order valence-electron chi connectivity index (χ1n) is 8.97. The molecule has 1 aromatic heterocycles. The number of carbonyl (C=O) groups is 1. The summed E-state index contributed by atoms with van der Waals surface area (Å²) in [5, 5.41) is 3.84. The second kappa shape index (κ2) is 7.44. The van der Waals surface area contributed by atoms with Gasteiger partial charge in [-0.2, -0.15) is 0 Å². The summed E-state index contributed by atoms with van der Waals surface area (Å²) in [6.07, 6.45) is 1.93. The summed E-state index contributed by atoms with van der Waals surface area (Å²) in [5.74, 6) is -0.317. The van der Waals surface area contributed by atoms with Crippen LogP contribution in [0.25, 0.3) is 10.9 Å². The maximum atomic E-state index is 12.8. The maximum absolute atomic E-state index is 12.8. The highest BCUT2D eigenvalue weighted by Crippen LogP contribution is 2.25. The van der Waals surface area contributed by atoms with Crippen LogP contribution in [0.1, 0.15) is 10.4 Å². The average Bonchev–Trinajstić information content (AvgIpc) is 3.10. The van der Waals surface area contributed by atoms with Gasteiger partial charge in [-0.05, 0) is 48.5 Å². The van der Waals surface area contributed by atoms with Crippen molar-refractivity contribution in [3.8, 4) is 0 Å². The number of fused-ring (bicyclic) bond motifs is 1. The van der Waals surface area contributed by atoms with Gasteiger partial charge in [0.1, 0.15) is 0 Å². The number of nitrogens with zero attached hydrogens (tertiary/aromatic N) is 1.